The Hall–Kier alpha value is -1.51. The molecule has 0 spiro atoms. The highest BCUT2D eigenvalue weighted by atomic mass is 16.3. The molecule has 3 heteroatoms. The lowest BCUT2D eigenvalue weighted by Crippen LogP contribution is -2.27. The molecule has 2 rings (SSSR count). The molecule has 3 nitrogen and oxygen atoms in total. The first-order valence-electron chi connectivity index (χ1n) is 4.71. The van der Waals surface area contributed by atoms with Crippen LogP contribution in [-0.4, -0.2) is 17.6 Å². The molecule has 74 valence electrons. The van der Waals surface area contributed by atoms with E-state index in [9.17, 15) is 9.90 Å². The molecule has 0 saturated heterocycles. The van der Waals surface area contributed by atoms with Crippen LogP contribution in [0.4, 0.5) is 0 Å². The van der Waals surface area contributed by atoms with Gasteiger partial charge in [0.2, 0.25) is 6.41 Å². The largest absolute Gasteiger partial charge is 0.508 e. The van der Waals surface area contributed by atoms with E-state index < -0.39 is 0 Å². The smallest absolute Gasteiger partial charge is 0.207 e. The van der Waals surface area contributed by atoms with Gasteiger partial charge in [0.05, 0.1) is 0 Å². The number of rotatable bonds is 2. The Balaban J connectivity index is 2.27. The van der Waals surface area contributed by atoms with Crippen molar-refractivity contribution in [2.75, 3.05) is 0 Å². The minimum absolute atomic E-state index is 0.198. The van der Waals surface area contributed by atoms with Gasteiger partial charge in [-0.05, 0) is 42.5 Å². The summed E-state index contributed by atoms with van der Waals surface area (Å²) in [5, 5.41) is 12.3. The Morgan fingerprint density at radius 3 is 2.71 bits per heavy atom. The SMILES string of the molecule is Cc1cc2c(cc1O)CC(NC=O)C2. The average Bonchev–Trinajstić information content (AvgIpc) is 2.48. The van der Waals surface area contributed by atoms with E-state index in [2.05, 4.69) is 5.32 Å². The summed E-state index contributed by atoms with van der Waals surface area (Å²) in [4.78, 5) is 10.3. The molecule has 14 heavy (non-hydrogen) atoms. The van der Waals surface area contributed by atoms with E-state index in [1.165, 1.54) is 5.56 Å². The van der Waals surface area contributed by atoms with Crippen LogP contribution >= 0.6 is 0 Å². The van der Waals surface area contributed by atoms with Crippen LogP contribution in [0.2, 0.25) is 0 Å². The maximum atomic E-state index is 10.3. The van der Waals surface area contributed by atoms with E-state index in [-0.39, 0.29) is 6.04 Å². The van der Waals surface area contributed by atoms with Gasteiger partial charge in [0.25, 0.3) is 0 Å². The first kappa shape index (κ1) is 9.06. The first-order chi connectivity index (χ1) is 6.70. The van der Waals surface area contributed by atoms with Crippen LogP contribution in [0.5, 0.6) is 5.75 Å². The number of hydrogen-bond acceptors (Lipinski definition) is 2. The normalized spacial score (nSPS) is 19.1. The van der Waals surface area contributed by atoms with Gasteiger partial charge < -0.3 is 10.4 Å². The molecule has 0 aliphatic heterocycles. The van der Waals surface area contributed by atoms with Crippen molar-refractivity contribution in [1.29, 1.82) is 0 Å². The highest BCUT2D eigenvalue weighted by Crippen LogP contribution is 2.28. The number of phenolic OH excluding ortho intramolecular Hbond substituents is 1. The summed E-state index contributed by atoms with van der Waals surface area (Å²) in [5.74, 6) is 0.343. The molecular formula is C11H13NO2. The van der Waals surface area contributed by atoms with Crippen LogP contribution in [-0.2, 0) is 17.6 Å². The predicted molar refractivity (Wildman–Crippen MR) is 53.2 cm³/mol. The fourth-order valence-electron chi connectivity index (χ4n) is 2.00. The van der Waals surface area contributed by atoms with Crippen molar-refractivity contribution in [2.24, 2.45) is 0 Å². The molecule has 1 aliphatic rings. The minimum atomic E-state index is 0.198. The van der Waals surface area contributed by atoms with E-state index in [0.717, 1.165) is 30.4 Å². The summed E-state index contributed by atoms with van der Waals surface area (Å²) in [7, 11) is 0. The Morgan fingerprint density at radius 2 is 2.07 bits per heavy atom. The summed E-state index contributed by atoms with van der Waals surface area (Å²) >= 11 is 0. The van der Waals surface area contributed by atoms with Crippen molar-refractivity contribution < 1.29 is 9.90 Å². The zero-order chi connectivity index (χ0) is 10.1. The van der Waals surface area contributed by atoms with Crippen molar-refractivity contribution in [1.82, 2.24) is 5.32 Å². The number of hydrogen-bond donors (Lipinski definition) is 2. The van der Waals surface area contributed by atoms with Crippen LogP contribution in [0.15, 0.2) is 12.1 Å². The molecule has 2 N–H and O–H groups in total. The van der Waals surface area contributed by atoms with Gasteiger partial charge in [-0.1, -0.05) is 6.07 Å². The molecule has 0 aromatic heterocycles. The lowest BCUT2D eigenvalue weighted by molar-refractivity contribution is -0.110. The molecule has 1 atom stereocenters. The van der Waals surface area contributed by atoms with Gasteiger partial charge in [-0.3, -0.25) is 4.79 Å². The molecule has 1 aromatic rings. The quantitative estimate of drug-likeness (QED) is 0.683. The monoisotopic (exact) mass is 191 g/mol. The molecule has 0 fully saturated rings. The van der Waals surface area contributed by atoms with E-state index in [0.29, 0.717) is 5.75 Å². The third kappa shape index (κ3) is 1.45. The number of benzene rings is 1. The third-order valence-corrected chi connectivity index (χ3v) is 2.75. The van der Waals surface area contributed by atoms with Crippen molar-refractivity contribution in [3.63, 3.8) is 0 Å². The number of aromatic hydroxyl groups is 1. The summed E-state index contributed by atoms with van der Waals surface area (Å²) in [6.07, 6.45) is 2.43. The number of carbonyl (C=O) groups excluding carboxylic acids is 1. The number of aryl methyl sites for hydroxylation is 1. The van der Waals surface area contributed by atoms with E-state index >= 15 is 0 Å². The summed E-state index contributed by atoms with van der Waals surface area (Å²) in [5.41, 5.74) is 3.28. The molecule has 0 saturated carbocycles. The van der Waals surface area contributed by atoms with Crippen molar-refractivity contribution in [3.05, 3.63) is 28.8 Å². The van der Waals surface area contributed by atoms with Gasteiger partial charge in [-0.15, -0.1) is 0 Å². The van der Waals surface area contributed by atoms with Crippen LogP contribution < -0.4 is 5.32 Å². The zero-order valence-electron chi connectivity index (χ0n) is 8.08. The van der Waals surface area contributed by atoms with E-state index in [1.807, 2.05) is 13.0 Å². The van der Waals surface area contributed by atoms with Crippen LogP contribution in [0.3, 0.4) is 0 Å². The van der Waals surface area contributed by atoms with Crippen LogP contribution in [0.1, 0.15) is 16.7 Å². The number of amides is 1. The third-order valence-electron chi connectivity index (χ3n) is 2.75. The number of phenols is 1. The van der Waals surface area contributed by atoms with Gasteiger partial charge in [0.15, 0.2) is 0 Å². The lowest BCUT2D eigenvalue weighted by atomic mass is 10.1. The van der Waals surface area contributed by atoms with Crippen LogP contribution in [0.25, 0.3) is 0 Å². The molecular weight excluding hydrogens is 178 g/mol. The molecule has 1 unspecified atom stereocenters. The van der Waals surface area contributed by atoms with E-state index in [1.54, 1.807) is 6.07 Å². The highest BCUT2D eigenvalue weighted by molar-refractivity contribution is 5.50. The van der Waals surface area contributed by atoms with Crippen LogP contribution in [0, 0.1) is 6.92 Å². The fourth-order valence-corrected chi connectivity index (χ4v) is 2.00. The predicted octanol–water partition coefficient (Wildman–Crippen LogP) is 0.914. The van der Waals surface area contributed by atoms with Gasteiger partial charge >= 0.3 is 0 Å². The van der Waals surface area contributed by atoms with Crippen molar-refractivity contribution in [3.8, 4) is 5.75 Å². The van der Waals surface area contributed by atoms with E-state index in [4.69, 9.17) is 0 Å². The second-order valence-corrected chi connectivity index (χ2v) is 3.80. The molecule has 0 radical (unpaired) electrons. The summed E-state index contributed by atoms with van der Waals surface area (Å²) in [6, 6.07) is 4.00. The highest BCUT2D eigenvalue weighted by Gasteiger charge is 2.21. The van der Waals surface area contributed by atoms with Gasteiger partial charge in [0, 0.05) is 6.04 Å². The molecule has 1 amide bonds. The average molecular weight is 191 g/mol. The lowest BCUT2D eigenvalue weighted by Gasteiger charge is -2.04. The maximum Gasteiger partial charge on any atom is 0.207 e. The van der Waals surface area contributed by atoms with Crippen molar-refractivity contribution in [2.45, 2.75) is 25.8 Å². The molecule has 1 aromatic carbocycles. The Kier molecular flexibility index (Phi) is 2.15. The Morgan fingerprint density at radius 1 is 1.43 bits per heavy atom. The summed E-state index contributed by atoms with van der Waals surface area (Å²) < 4.78 is 0. The van der Waals surface area contributed by atoms with Gasteiger partial charge in [-0.2, -0.15) is 0 Å². The molecule has 0 heterocycles. The molecule has 0 bridgehead atoms. The first-order valence-corrected chi connectivity index (χ1v) is 4.71. The number of carbonyl (C=O) groups is 1. The topological polar surface area (TPSA) is 49.3 Å². The Labute approximate surface area is 82.8 Å². The number of fused-ring (bicyclic) bond motifs is 1. The van der Waals surface area contributed by atoms with Gasteiger partial charge in [0.1, 0.15) is 5.75 Å². The molecule has 1 aliphatic carbocycles. The zero-order valence-corrected chi connectivity index (χ0v) is 8.08. The van der Waals surface area contributed by atoms with Gasteiger partial charge in [-0.25, -0.2) is 0 Å². The maximum absolute atomic E-state index is 10.3. The van der Waals surface area contributed by atoms with Crippen molar-refractivity contribution >= 4 is 6.41 Å². The minimum Gasteiger partial charge on any atom is -0.508 e. The second kappa shape index (κ2) is 3.33. The second-order valence-electron chi connectivity index (χ2n) is 3.80. The standard InChI is InChI=1S/C11H13NO2/c1-7-2-8-3-10(12-6-13)4-9(8)5-11(7)14/h2,5-6,10,14H,3-4H2,1H3,(H,12,13). The summed E-state index contributed by atoms with van der Waals surface area (Å²) in [6.45, 7) is 1.89. The Bertz CT molecular complexity index is 343. The number of nitrogens with one attached hydrogen (secondary N) is 1. The fraction of sp³-hybridized carbons (Fsp3) is 0.364.